The molecule has 5 rings (SSSR count). The van der Waals surface area contributed by atoms with E-state index in [4.69, 9.17) is 0 Å². The second-order valence-electron chi connectivity index (χ2n) is 10.0. The van der Waals surface area contributed by atoms with E-state index in [1.54, 1.807) is 0 Å². The first kappa shape index (κ1) is 19.5. The summed E-state index contributed by atoms with van der Waals surface area (Å²) < 4.78 is 0. The number of hydrogen-bond donors (Lipinski definition) is 2. The van der Waals surface area contributed by atoms with Crippen LogP contribution in [0.4, 0.5) is 0 Å². The summed E-state index contributed by atoms with van der Waals surface area (Å²) in [5, 5.41) is 6.28. The van der Waals surface area contributed by atoms with Crippen molar-refractivity contribution in [3.63, 3.8) is 0 Å². The summed E-state index contributed by atoms with van der Waals surface area (Å²) in [7, 11) is 0. The van der Waals surface area contributed by atoms with Crippen molar-refractivity contribution in [1.29, 1.82) is 0 Å². The zero-order valence-electron chi connectivity index (χ0n) is 17.4. The van der Waals surface area contributed by atoms with Crippen molar-refractivity contribution in [2.75, 3.05) is 0 Å². The third kappa shape index (κ3) is 3.70. The molecule has 0 aliphatic heterocycles. The minimum absolute atomic E-state index is 0.0563. The zero-order valence-corrected chi connectivity index (χ0v) is 17.4. The van der Waals surface area contributed by atoms with Gasteiger partial charge in [0.1, 0.15) is 6.04 Å². The lowest BCUT2D eigenvalue weighted by Gasteiger charge is -2.55. The second kappa shape index (κ2) is 7.53. The molecule has 0 aromatic heterocycles. The highest BCUT2D eigenvalue weighted by Crippen LogP contribution is 2.60. The van der Waals surface area contributed by atoms with Gasteiger partial charge in [-0.25, -0.2) is 0 Å². The Morgan fingerprint density at radius 2 is 1.43 bits per heavy atom. The normalized spacial score (nSPS) is 32.8. The van der Waals surface area contributed by atoms with E-state index in [9.17, 15) is 9.59 Å². The molecule has 1 aromatic carbocycles. The minimum atomic E-state index is -0.480. The Kier molecular flexibility index (Phi) is 5.24. The third-order valence-electron chi connectivity index (χ3n) is 7.41. The standard InChI is InChI=1S/C24H34N2O2/c1-15(2)21(22(27)25-16(3)20-7-5-4-6-8-20)26-23(28)24-12-17-9-18(13-24)11-19(10-17)14-24/h4-8,15-19,21H,9-14H2,1-3H3,(H,25,27)(H,26,28). The number of amides is 2. The summed E-state index contributed by atoms with van der Waals surface area (Å²) in [6.07, 6.45) is 7.02. The third-order valence-corrected chi connectivity index (χ3v) is 7.41. The Bertz CT molecular complexity index is 692. The quantitative estimate of drug-likeness (QED) is 0.774. The van der Waals surface area contributed by atoms with Crippen LogP contribution in [0.2, 0.25) is 0 Å². The van der Waals surface area contributed by atoms with Crippen molar-refractivity contribution in [2.45, 2.75) is 71.4 Å². The molecule has 2 amide bonds. The van der Waals surface area contributed by atoms with Crippen LogP contribution < -0.4 is 10.6 Å². The van der Waals surface area contributed by atoms with E-state index in [-0.39, 0.29) is 29.2 Å². The smallest absolute Gasteiger partial charge is 0.243 e. The molecule has 0 radical (unpaired) electrons. The highest BCUT2D eigenvalue weighted by atomic mass is 16.2. The van der Waals surface area contributed by atoms with Gasteiger partial charge in [-0.1, -0.05) is 44.2 Å². The van der Waals surface area contributed by atoms with Gasteiger partial charge in [0.15, 0.2) is 0 Å². The van der Waals surface area contributed by atoms with Gasteiger partial charge in [0.25, 0.3) is 0 Å². The molecular formula is C24H34N2O2. The van der Waals surface area contributed by atoms with E-state index in [0.29, 0.717) is 0 Å². The minimum Gasteiger partial charge on any atom is -0.348 e. The molecule has 0 spiro atoms. The maximum atomic E-state index is 13.4. The summed E-state index contributed by atoms with van der Waals surface area (Å²) in [5.41, 5.74) is 0.860. The van der Waals surface area contributed by atoms with Gasteiger partial charge >= 0.3 is 0 Å². The highest BCUT2D eigenvalue weighted by molar-refractivity contribution is 5.90. The number of benzene rings is 1. The van der Waals surface area contributed by atoms with Crippen LogP contribution in [-0.4, -0.2) is 17.9 Å². The van der Waals surface area contributed by atoms with Crippen LogP contribution in [0.15, 0.2) is 30.3 Å². The molecule has 2 N–H and O–H groups in total. The Hall–Kier alpha value is -1.84. The van der Waals surface area contributed by atoms with E-state index < -0.39 is 6.04 Å². The van der Waals surface area contributed by atoms with Gasteiger partial charge in [0.2, 0.25) is 11.8 Å². The van der Waals surface area contributed by atoms with Crippen LogP contribution in [0.3, 0.4) is 0 Å². The average molecular weight is 383 g/mol. The molecule has 4 saturated carbocycles. The fourth-order valence-electron chi connectivity index (χ4n) is 6.35. The molecule has 28 heavy (non-hydrogen) atoms. The van der Waals surface area contributed by atoms with Gasteiger partial charge in [0, 0.05) is 5.41 Å². The van der Waals surface area contributed by atoms with E-state index in [1.807, 2.05) is 51.1 Å². The Balaban J connectivity index is 1.43. The fraction of sp³-hybridized carbons (Fsp3) is 0.667. The van der Waals surface area contributed by atoms with Crippen molar-refractivity contribution in [2.24, 2.45) is 29.1 Å². The first-order valence-corrected chi connectivity index (χ1v) is 11.0. The molecule has 152 valence electrons. The topological polar surface area (TPSA) is 58.2 Å². The molecule has 4 bridgehead atoms. The fourth-order valence-corrected chi connectivity index (χ4v) is 6.35. The number of nitrogens with one attached hydrogen (secondary N) is 2. The molecule has 4 nitrogen and oxygen atoms in total. The van der Waals surface area contributed by atoms with Crippen LogP contribution in [0.25, 0.3) is 0 Å². The van der Waals surface area contributed by atoms with E-state index in [2.05, 4.69) is 10.6 Å². The SMILES string of the molecule is CC(NC(=O)C(NC(=O)C12CC3CC(CC(C3)C1)C2)C(C)C)c1ccccc1. The van der Waals surface area contributed by atoms with Crippen molar-refractivity contribution < 1.29 is 9.59 Å². The molecule has 1 aromatic rings. The molecular weight excluding hydrogens is 348 g/mol. The molecule has 4 aliphatic rings. The Labute approximate surface area is 168 Å². The molecule has 4 heteroatoms. The van der Waals surface area contributed by atoms with E-state index >= 15 is 0 Å². The number of carbonyl (C=O) groups excluding carboxylic acids is 2. The van der Waals surface area contributed by atoms with Crippen LogP contribution in [0.1, 0.15) is 70.9 Å². The van der Waals surface area contributed by atoms with Gasteiger partial charge in [-0.05, 0) is 74.7 Å². The maximum Gasteiger partial charge on any atom is 0.243 e. The first-order valence-electron chi connectivity index (χ1n) is 11.0. The van der Waals surface area contributed by atoms with Crippen LogP contribution in [-0.2, 0) is 9.59 Å². The zero-order chi connectivity index (χ0) is 19.9. The van der Waals surface area contributed by atoms with Crippen molar-refractivity contribution in [3.05, 3.63) is 35.9 Å². The molecule has 4 fully saturated rings. The lowest BCUT2D eigenvalue weighted by molar-refractivity contribution is -0.149. The monoisotopic (exact) mass is 382 g/mol. The Morgan fingerprint density at radius 3 is 1.93 bits per heavy atom. The summed E-state index contributed by atoms with van der Waals surface area (Å²) in [6, 6.07) is 9.41. The van der Waals surface area contributed by atoms with Crippen molar-refractivity contribution in [1.82, 2.24) is 10.6 Å². The maximum absolute atomic E-state index is 13.4. The van der Waals surface area contributed by atoms with Crippen molar-refractivity contribution in [3.8, 4) is 0 Å². The van der Waals surface area contributed by atoms with Crippen LogP contribution in [0, 0.1) is 29.1 Å². The lowest BCUT2D eigenvalue weighted by atomic mass is 9.49. The first-order chi connectivity index (χ1) is 13.4. The predicted molar refractivity (Wildman–Crippen MR) is 110 cm³/mol. The summed E-state index contributed by atoms with van der Waals surface area (Å²) in [5.74, 6) is 2.28. The second-order valence-corrected chi connectivity index (χ2v) is 10.0. The molecule has 2 atom stereocenters. The van der Waals surface area contributed by atoms with Gasteiger partial charge in [-0.3, -0.25) is 9.59 Å². The van der Waals surface area contributed by atoms with Gasteiger partial charge in [-0.15, -0.1) is 0 Å². The van der Waals surface area contributed by atoms with E-state index in [1.165, 1.54) is 19.3 Å². The number of rotatable bonds is 6. The van der Waals surface area contributed by atoms with Crippen molar-refractivity contribution >= 4 is 11.8 Å². The van der Waals surface area contributed by atoms with Crippen LogP contribution >= 0.6 is 0 Å². The predicted octanol–water partition coefficient (Wildman–Crippen LogP) is 4.22. The summed E-state index contributed by atoms with van der Waals surface area (Å²) in [6.45, 7) is 6.01. The average Bonchev–Trinajstić information content (AvgIpc) is 2.65. The van der Waals surface area contributed by atoms with Gasteiger partial charge in [-0.2, -0.15) is 0 Å². The highest BCUT2D eigenvalue weighted by Gasteiger charge is 2.55. The summed E-state index contributed by atoms with van der Waals surface area (Å²) in [4.78, 5) is 26.4. The van der Waals surface area contributed by atoms with Gasteiger partial charge in [0.05, 0.1) is 6.04 Å². The largest absolute Gasteiger partial charge is 0.348 e. The lowest BCUT2D eigenvalue weighted by Crippen LogP contribution is -2.58. The van der Waals surface area contributed by atoms with E-state index in [0.717, 1.165) is 42.6 Å². The molecule has 0 saturated heterocycles. The molecule has 4 aliphatic carbocycles. The van der Waals surface area contributed by atoms with Gasteiger partial charge < -0.3 is 10.6 Å². The summed E-state index contributed by atoms with van der Waals surface area (Å²) >= 11 is 0. The molecule has 2 unspecified atom stereocenters. The number of hydrogen-bond acceptors (Lipinski definition) is 2. The van der Waals surface area contributed by atoms with Crippen LogP contribution in [0.5, 0.6) is 0 Å². The Morgan fingerprint density at radius 1 is 0.893 bits per heavy atom. The number of carbonyl (C=O) groups is 2. The molecule has 0 heterocycles.